The van der Waals surface area contributed by atoms with Crippen molar-refractivity contribution in [3.05, 3.63) is 95.6 Å². The van der Waals surface area contributed by atoms with Crippen LogP contribution in [0, 0.1) is 0 Å². The monoisotopic (exact) mass is 374 g/mol. The van der Waals surface area contributed by atoms with Gasteiger partial charge in [-0.1, -0.05) is 60.7 Å². The van der Waals surface area contributed by atoms with E-state index in [1.807, 2.05) is 66.7 Å². The van der Waals surface area contributed by atoms with E-state index in [0.717, 1.165) is 27.3 Å². The van der Waals surface area contributed by atoms with Crippen LogP contribution in [0.15, 0.2) is 83.8 Å². The minimum Gasteiger partial charge on any atom is -0.497 e. The van der Waals surface area contributed by atoms with Crippen molar-refractivity contribution >= 4 is 17.5 Å². The van der Waals surface area contributed by atoms with Crippen molar-refractivity contribution in [3.8, 4) is 5.75 Å². The lowest BCUT2D eigenvalue weighted by molar-refractivity contribution is 0.0861. The highest BCUT2D eigenvalue weighted by atomic mass is 32.2. The molecule has 1 saturated heterocycles. The van der Waals surface area contributed by atoms with Gasteiger partial charge in [0.15, 0.2) is 11.4 Å². The van der Waals surface area contributed by atoms with E-state index < -0.39 is 5.60 Å². The van der Waals surface area contributed by atoms with Gasteiger partial charge in [0, 0.05) is 10.5 Å². The summed E-state index contributed by atoms with van der Waals surface area (Å²) < 4.78 is 11.5. The van der Waals surface area contributed by atoms with E-state index in [1.165, 1.54) is 0 Å². The number of benzene rings is 3. The van der Waals surface area contributed by atoms with Gasteiger partial charge in [-0.2, -0.15) is 0 Å². The van der Waals surface area contributed by atoms with Gasteiger partial charge in [-0.3, -0.25) is 4.79 Å². The highest BCUT2D eigenvalue weighted by Gasteiger charge is 2.69. The van der Waals surface area contributed by atoms with Crippen molar-refractivity contribution in [3.63, 3.8) is 0 Å². The predicted octanol–water partition coefficient (Wildman–Crippen LogP) is 5.24. The Morgan fingerprint density at radius 3 is 2.33 bits per heavy atom. The maximum atomic E-state index is 13.5. The van der Waals surface area contributed by atoms with Crippen molar-refractivity contribution in [1.82, 2.24) is 0 Å². The largest absolute Gasteiger partial charge is 0.497 e. The van der Waals surface area contributed by atoms with E-state index in [1.54, 1.807) is 18.9 Å². The van der Waals surface area contributed by atoms with Gasteiger partial charge in [-0.05, 0) is 29.3 Å². The van der Waals surface area contributed by atoms with Crippen LogP contribution in [0.5, 0.6) is 5.75 Å². The summed E-state index contributed by atoms with van der Waals surface area (Å²) in [4.78, 5) is 14.5. The normalized spacial score (nSPS) is 25.9. The van der Waals surface area contributed by atoms with Crippen LogP contribution in [0.3, 0.4) is 0 Å². The summed E-state index contributed by atoms with van der Waals surface area (Å²) in [6, 6.07) is 25.8. The summed E-state index contributed by atoms with van der Waals surface area (Å²) in [7, 11) is 1.65. The lowest BCUT2D eigenvalue weighted by Crippen LogP contribution is -2.35. The Morgan fingerprint density at radius 1 is 0.889 bits per heavy atom. The molecule has 1 spiro atoms. The first-order valence-electron chi connectivity index (χ1n) is 8.91. The molecule has 0 aromatic heterocycles. The Bertz CT molecular complexity index is 1000. The lowest BCUT2D eigenvalue weighted by atomic mass is 9.85. The van der Waals surface area contributed by atoms with E-state index in [9.17, 15) is 4.79 Å². The molecule has 27 heavy (non-hydrogen) atoms. The first-order valence-corrected chi connectivity index (χ1v) is 9.79. The minimum absolute atomic E-state index is 0.0755. The Balaban J connectivity index is 1.60. The number of fused-ring (bicyclic) bond motifs is 1. The highest BCUT2D eigenvalue weighted by Crippen LogP contribution is 2.66. The predicted molar refractivity (Wildman–Crippen MR) is 105 cm³/mol. The molecule has 3 atom stereocenters. The second-order valence-corrected chi connectivity index (χ2v) is 7.94. The number of ether oxygens (including phenoxy) is 2. The SMILES string of the molecule is COc1ccc([C@@H]2O[C@@]23C(=O)c2ccccc2S[C@H]3c2ccccc2)cc1. The molecule has 0 unspecified atom stereocenters. The van der Waals surface area contributed by atoms with Crippen LogP contribution in [0.4, 0.5) is 0 Å². The zero-order valence-electron chi connectivity index (χ0n) is 14.8. The summed E-state index contributed by atoms with van der Waals surface area (Å²) in [6.45, 7) is 0. The van der Waals surface area contributed by atoms with Crippen LogP contribution in [-0.4, -0.2) is 18.5 Å². The molecular formula is C23H18O3S. The number of thioether (sulfide) groups is 1. The zero-order chi connectivity index (χ0) is 18.4. The molecule has 1 fully saturated rings. The maximum Gasteiger partial charge on any atom is 0.200 e. The number of epoxide rings is 1. The van der Waals surface area contributed by atoms with Crippen molar-refractivity contribution in [2.75, 3.05) is 7.11 Å². The second kappa shape index (κ2) is 6.25. The Morgan fingerprint density at radius 2 is 1.59 bits per heavy atom. The first-order chi connectivity index (χ1) is 13.2. The maximum absolute atomic E-state index is 13.5. The number of Topliss-reactive ketones (excluding diaryl/α,β-unsaturated/α-hetero) is 1. The number of carbonyl (C=O) groups is 1. The molecule has 5 rings (SSSR count). The van der Waals surface area contributed by atoms with Gasteiger partial charge in [0.05, 0.1) is 12.4 Å². The molecule has 2 aliphatic heterocycles. The van der Waals surface area contributed by atoms with Crippen LogP contribution >= 0.6 is 11.8 Å². The molecule has 0 saturated carbocycles. The third kappa shape index (κ3) is 2.52. The fraction of sp³-hybridized carbons (Fsp3) is 0.174. The third-order valence-electron chi connectivity index (χ3n) is 5.29. The van der Waals surface area contributed by atoms with E-state index in [4.69, 9.17) is 9.47 Å². The second-order valence-electron chi connectivity index (χ2n) is 6.80. The fourth-order valence-corrected chi connectivity index (χ4v) is 5.32. The summed E-state index contributed by atoms with van der Waals surface area (Å²) in [5.41, 5.74) is 2.02. The summed E-state index contributed by atoms with van der Waals surface area (Å²) in [6.07, 6.45) is -0.248. The molecular weight excluding hydrogens is 356 g/mol. The van der Waals surface area contributed by atoms with E-state index in [-0.39, 0.29) is 17.1 Å². The number of methoxy groups -OCH3 is 1. The summed E-state index contributed by atoms with van der Waals surface area (Å²) in [5.74, 6) is 0.870. The minimum atomic E-state index is -0.852. The number of hydrogen-bond donors (Lipinski definition) is 0. The molecule has 2 heterocycles. The van der Waals surface area contributed by atoms with Gasteiger partial charge in [0.2, 0.25) is 0 Å². The molecule has 4 heteroatoms. The van der Waals surface area contributed by atoms with Gasteiger partial charge in [-0.25, -0.2) is 0 Å². The van der Waals surface area contributed by atoms with Crippen LogP contribution in [0.25, 0.3) is 0 Å². The number of carbonyl (C=O) groups excluding carboxylic acids is 1. The van der Waals surface area contributed by atoms with Crippen LogP contribution in [0.2, 0.25) is 0 Å². The van der Waals surface area contributed by atoms with Crippen molar-refractivity contribution in [2.45, 2.75) is 21.9 Å². The molecule has 0 N–H and O–H groups in total. The van der Waals surface area contributed by atoms with Crippen LogP contribution < -0.4 is 4.74 Å². The van der Waals surface area contributed by atoms with E-state index in [0.29, 0.717) is 0 Å². The first kappa shape index (κ1) is 16.6. The van der Waals surface area contributed by atoms with Crippen LogP contribution in [0.1, 0.15) is 32.8 Å². The van der Waals surface area contributed by atoms with Gasteiger partial charge in [0.1, 0.15) is 11.9 Å². The fourth-order valence-electron chi connectivity index (χ4n) is 3.87. The molecule has 0 amide bonds. The highest BCUT2D eigenvalue weighted by molar-refractivity contribution is 7.99. The van der Waals surface area contributed by atoms with Gasteiger partial charge in [-0.15, -0.1) is 11.8 Å². The molecule has 0 aliphatic carbocycles. The number of ketones is 1. The quantitative estimate of drug-likeness (QED) is 0.588. The molecule has 2 aliphatic rings. The zero-order valence-corrected chi connectivity index (χ0v) is 15.6. The average Bonchev–Trinajstić information content (AvgIpc) is 3.48. The van der Waals surface area contributed by atoms with Gasteiger partial charge >= 0.3 is 0 Å². The third-order valence-corrected chi connectivity index (χ3v) is 6.75. The lowest BCUT2D eigenvalue weighted by Gasteiger charge is -2.30. The van der Waals surface area contributed by atoms with Crippen molar-refractivity contribution in [1.29, 1.82) is 0 Å². The Kier molecular flexibility index (Phi) is 3.85. The van der Waals surface area contributed by atoms with E-state index in [2.05, 4.69) is 12.1 Å². The molecule has 3 aromatic rings. The van der Waals surface area contributed by atoms with E-state index >= 15 is 0 Å². The molecule has 0 bridgehead atoms. The smallest absolute Gasteiger partial charge is 0.200 e. The van der Waals surface area contributed by atoms with Crippen molar-refractivity contribution < 1.29 is 14.3 Å². The summed E-state index contributed by atoms with van der Waals surface area (Å²) >= 11 is 1.72. The topological polar surface area (TPSA) is 38.8 Å². The molecule has 3 aromatic carbocycles. The average molecular weight is 374 g/mol. The standard InChI is InChI=1S/C23H18O3S/c1-25-17-13-11-15(12-14-17)21-23(26-21)20(24)18-9-5-6-10-19(18)27-22(23)16-7-3-2-4-8-16/h2-14,21-22H,1H3/t21-,22-,23-/m0/s1. The Hall–Kier alpha value is -2.56. The molecule has 0 radical (unpaired) electrons. The number of rotatable bonds is 3. The molecule has 3 nitrogen and oxygen atoms in total. The molecule has 134 valence electrons. The van der Waals surface area contributed by atoms with Gasteiger partial charge < -0.3 is 9.47 Å². The van der Waals surface area contributed by atoms with Crippen LogP contribution in [-0.2, 0) is 4.74 Å². The number of hydrogen-bond acceptors (Lipinski definition) is 4. The van der Waals surface area contributed by atoms with Gasteiger partial charge in [0.25, 0.3) is 0 Å². The summed E-state index contributed by atoms with van der Waals surface area (Å²) in [5, 5.41) is -0.0757. The Labute approximate surface area is 162 Å². The van der Waals surface area contributed by atoms with Crippen molar-refractivity contribution in [2.24, 2.45) is 0 Å².